The summed E-state index contributed by atoms with van der Waals surface area (Å²) in [5.74, 6) is 0.391. The molecule has 1 fully saturated rings. The summed E-state index contributed by atoms with van der Waals surface area (Å²) in [7, 11) is 3.02. The van der Waals surface area contributed by atoms with Gasteiger partial charge in [-0.05, 0) is 31.0 Å². The van der Waals surface area contributed by atoms with Crippen LogP contribution in [-0.2, 0) is 9.78 Å². The molecular formula is C14H17O5. The Morgan fingerprint density at radius 1 is 1.11 bits per heavy atom. The minimum atomic E-state index is -0.588. The third-order valence-electron chi connectivity index (χ3n) is 3.02. The van der Waals surface area contributed by atoms with Crippen LogP contribution in [0.25, 0.3) is 0 Å². The van der Waals surface area contributed by atoms with Gasteiger partial charge < -0.3 is 9.47 Å². The van der Waals surface area contributed by atoms with E-state index in [4.69, 9.17) is 19.2 Å². The monoisotopic (exact) mass is 265 g/mol. The SMILES string of the molecule is COc1ccc(OC)c(C(=O)OO[C]2CCCC2)c1. The van der Waals surface area contributed by atoms with Crippen molar-refractivity contribution in [2.24, 2.45) is 0 Å². The number of carbonyl (C=O) groups is 1. The maximum absolute atomic E-state index is 12.0. The first-order valence-electron chi connectivity index (χ1n) is 6.20. The minimum absolute atomic E-state index is 0.278. The molecule has 1 saturated carbocycles. The molecule has 5 nitrogen and oxygen atoms in total. The molecule has 1 radical (unpaired) electrons. The van der Waals surface area contributed by atoms with Crippen molar-refractivity contribution in [2.45, 2.75) is 25.7 Å². The summed E-state index contributed by atoms with van der Waals surface area (Å²) in [6.45, 7) is 0. The lowest BCUT2D eigenvalue weighted by molar-refractivity contribution is -0.234. The summed E-state index contributed by atoms with van der Waals surface area (Å²) in [5.41, 5.74) is 0.278. The molecule has 1 aromatic rings. The molecule has 0 N–H and O–H groups in total. The Kier molecular flexibility index (Phi) is 4.63. The van der Waals surface area contributed by atoms with E-state index in [1.54, 1.807) is 18.2 Å². The van der Waals surface area contributed by atoms with Crippen LogP contribution in [0.15, 0.2) is 18.2 Å². The quantitative estimate of drug-likeness (QED) is 0.605. The highest BCUT2D eigenvalue weighted by Gasteiger charge is 2.22. The summed E-state index contributed by atoms with van der Waals surface area (Å²) in [5, 5.41) is 0. The standard InChI is InChI=1S/C14H17O5/c1-16-11-7-8-13(17-2)12(9-11)14(15)19-18-10-5-3-4-6-10/h7-9H,3-6H2,1-2H3. The molecule has 5 heteroatoms. The van der Waals surface area contributed by atoms with Crippen LogP contribution >= 0.6 is 0 Å². The first-order valence-corrected chi connectivity index (χ1v) is 6.20. The zero-order valence-corrected chi connectivity index (χ0v) is 11.1. The molecule has 0 aromatic heterocycles. The number of carbonyl (C=O) groups excluding carboxylic acids is 1. The van der Waals surface area contributed by atoms with Crippen LogP contribution < -0.4 is 9.47 Å². The van der Waals surface area contributed by atoms with Gasteiger partial charge in [-0.3, -0.25) is 4.89 Å². The fraction of sp³-hybridized carbons (Fsp3) is 0.429. The number of hydrogen-bond donors (Lipinski definition) is 0. The van der Waals surface area contributed by atoms with Gasteiger partial charge >= 0.3 is 5.97 Å². The molecule has 0 aliphatic heterocycles. The molecular weight excluding hydrogens is 248 g/mol. The maximum Gasteiger partial charge on any atom is 0.376 e. The molecule has 0 atom stereocenters. The van der Waals surface area contributed by atoms with Crippen molar-refractivity contribution >= 4 is 5.97 Å². The van der Waals surface area contributed by atoms with E-state index >= 15 is 0 Å². The van der Waals surface area contributed by atoms with Gasteiger partial charge in [-0.25, -0.2) is 4.79 Å². The van der Waals surface area contributed by atoms with E-state index in [-0.39, 0.29) is 5.56 Å². The van der Waals surface area contributed by atoms with Gasteiger partial charge in [-0.1, -0.05) is 12.8 Å². The average Bonchev–Trinajstić information content (AvgIpc) is 2.97. The predicted molar refractivity (Wildman–Crippen MR) is 67.8 cm³/mol. The second kappa shape index (κ2) is 6.43. The van der Waals surface area contributed by atoms with E-state index in [0.29, 0.717) is 11.5 Å². The van der Waals surface area contributed by atoms with Crippen molar-refractivity contribution in [1.82, 2.24) is 0 Å². The summed E-state index contributed by atoms with van der Waals surface area (Å²) >= 11 is 0. The van der Waals surface area contributed by atoms with Crippen molar-refractivity contribution in [3.8, 4) is 11.5 Å². The van der Waals surface area contributed by atoms with Gasteiger partial charge in [0.25, 0.3) is 0 Å². The predicted octanol–water partition coefficient (Wildman–Crippen LogP) is 2.90. The Morgan fingerprint density at radius 2 is 1.84 bits per heavy atom. The number of methoxy groups -OCH3 is 2. The molecule has 2 rings (SSSR count). The third kappa shape index (κ3) is 3.38. The van der Waals surface area contributed by atoms with Gasteiger partial charge in [-0.2, -0.15) is 4.89 Å². The van der Waals surface area contributed by atoms with Crippen LogP contribution in [0.2, 0.25) is 0 Å². The molecule has 19 heavy (non-hydrogen) atoms. The van der Waals surface area contributed by atoms with Crippen molar-refractivity contribution < 1.29 is 24.0 Å². The van der Waals surface area contributed by atoms with Gasteiger partial charge in [0.2, 0.25) is 0 Å². The number of benzene rings is 1. The van der Waals surface area contributed by atoms with Crippen LogP contribution in [-0.4, -0.2) is 20.2 Å². The smallest absolute Gasteiger partial charge is 0.376 e. The van der Waals surface area contributed by atoms with Crippen molar-refractivity contribution in [2.75, 3.05) is 14.2 Å². The minimum Gasteiger partial charge on any atom is -0.497 e. The van der Waals surface area contributed by atoms with E-state index in [9.17, 15) is 4.79 Å². The van der Waals surface area contributed by atoms with Crippen LogP contribution in [0, 0.1) is 6.10 Å². The van der Waals surface area contributed by atoms with Crippen molar-refractivity contribution in [1.29, 1.82) is 0 Å². The molecule has 1 aromatic carbocycles. The molecule has 1 aliphatic carbocycles. The van der Waals surface area contributed by atoms with Gasteiger partial charge in [-0.15, -0.1) is 0 Å². The Bertz CT molecular complexity index is 437. The summed E-state index contributed by atoms with van der Waals surface area (Å²) in [4.78, 5) is 21.9. The fourth-order valence-electron chi connectivity index (χ4n) is 1.97. The zero-order valence-electron chi connectivity index (χ0n) is 11.1. The Hall–Kier alpha value is -1.75. The molecule has 0 amide bonds. The Balaban J connectivity index is 2.03. The Labute approximate surface area is 112 Å². The van der Waals surface area contributed by atoms with E-state index in [0.717, 1.165) is 31.8 Å². The molecule has 0 saturated heterocycles. The zero-order chi connectivity index (χ0) is 13.7. The van der Waals surface area contributed by atoms with Crippen LogP contribution in [0.1, 0.15) is 36.0 Å². The highest BCUT2D eigenvalue weighted by atomic mass is 17.2. The highest BCUT2D eigenvalue weighted by Crippen LogP contribution is 2.29. The highest BCUT2D eigenvalue weighted by molar-refractivity contribution is 5.92. The maximum atomic E-state index is 12.0. The number of rotatable bonds is 5. The Morgan fingerprint density at radius 3 is 2.47 bits per heavy atom. The second-order valence-electron chi connectivity index (χ2n) is 4.27. The normalized spacial score (nSPS) is 15.3. The van der Waals surface area contributed by atoms with Gasteiger partial charge in [0.1, 0.15) is 23.2 Å². The molecule has 103 valence electrons. The fourth-order valence-corrected chi connectivity index (χ4v) is 1.97. The summed E-state index contributed by atoms with van der Waals surface area (Å²) < 4.78 is 10.2. The van der Waals surface area contributed by atoms with E-state index < -0.39 is 5.97 Å². The number of ether oxygens (including phenoxy) is 2. The molecule has 0 bridgehead atoms. The van der Waals surface area contributed by atoms with Crippen LogP contribution in [0.5, 0.6) is 11.5 Å². The lowest BCUT2D eigenvalue weighted by atomic mass is 10.2. The summed E-state index contributed by atoms with van der Waals surface area (Å²) in [6, 6.07) is 4.92. The van der Waals surface area contributed by atoms with Crippen LogP contribution in [0.3, 0.4) is 0 Å². The topological polar surface area (TPSA) is 54.0 Å². The molecule has 0 unspecified atom stereocenters. The van der Waals surface area contributed by atoms with Gasteiger partial charge in [0.15, 0.2) is 0 Å². The molecule has 0 spiro atoms. The first-order chi connectivity index (χ1) is 9.24. The second-order valence-corrected chi connectivity index (χ2v) is 4.27. The van der Waals surface area contributed by atoms with E-state index in [2.05, 4.69) is 0 Å². The van der Waals surface area contributed by atoms with E-state index in [1.807, 2.05) is 0 Å². The molecule has 1 aliphatic rings. The molecule has 0 heterocycles. The van der Waals surface area contributed by atoms with Gasteiger partial charge in [0.05, 0.1) is 14.2 Å². The number of hydrogen-bond acceptors (Lipinski definition) is 5. The largest absolute Gasteiger partial charge is 0.497 e. The first kappa shape index (κ1) is 13.7. The van der Waals surface area contributed by atoms with Crippen molar-refractivity contribution in [3.63, 3.8) is 0 Å². The summed E-state index contributed by atoms with van der Waals surface area (Å²) in [6.07, 6.45) is 4.67. The average molecular weight is 265 g/mol. The van der Waals surface area contributed by atoms with Gasteiger partial charge in [0, 0.05) is 0 Å². The lowest BCUT2D eigenvalue weighted by Crippen LogP contribution is -2.10. The van der Waals surface area contributed by atoms with E-state index in [1.165, 1.54) is 14.2 Å². The lowest BCUT2D eigenvalue weighted by Gasteiger charge is -2.11. The third-order valence-corrected chi connectivity index (χ3v) is 3.02. The van der Waals surface area contributed by atoms with Crippen molar-refractivity contribution in [3.05, 3.63) is 29.9 Å². The van der Waals surface area contributed by atoms with Crippen LogP contribution in [0.4, 0.5) is 0 Å².